The molecule has 8 nitrogen and oxygen atoms in total. The number of ether oxygens (including phenoxy) is 2. The normalized spacial score (nSPS) is 21.5. The van der Waals surface area contributed by atoms with Crippen LogP contribution in [0.25, 0.3) is 0 Å². The van der Waals surface area contributed by atoms with E-state index < -0.39 is 29.7 Å². The molecule has 2 amide bonds. The molecule has 0 aromatic heterocycles. The quantitative estimate of drug-likeness (QED) is 0.769. The monoisotopic (exact) mass is 316 g/mol. The Kier molecular flexibility index (Phi) is 6.16. The Morgan fingerprint density at radius 2 is 1.95 bits per heavy atom. The fourth-order valence-electron chi connectivity index (χ4n) is 2.26. The molecule has 0 aliphatic carbocycles. The highest BCUT2D eigenvalue weighted by atomic mass is 16.6. The number of hydrogen-bond donors (Lipinski definition) is 2. The standard InChI is InChI=1S/C14H24N2O6/c1-14(2,3)22-13(20)15-9-7-10(12(18)19)16(8-9)11(17)5-6-21-4/h9-10H,5-8H2,1-4H3,(H,15,20)(H,18,19)/t9-,10+/m0/s1. The van der Waals surface area contributed by atoms with E-state index in [9.17, 15) is 19.5 Å². The van der Waals surface area contributed by atoms with E-state index in [2.05, 4.69) is 5.32 Å². The fourth-order valence-corrected chi connectivity index (χ4v) is 2.26. The highest BCUT2D eigenvalue weighted by Crippen LogP contribution is 2.20. The maximum atomic E-state index is 12.0. The van der Waals surface area contributed by atoms with Crippen molar-refractivity contribution in [3.05, 3.63) is 0 Å². The van der Waals surface area contributed by atoms with E-state index in [0.717, 1.165) is 0 Å². The minimum Gasteiger partial charge on any atom is -0.480 e. The molecule has 8 heteroatoms. The summed E-state index contributed by atoms with van der Waals surface area (Å²) in [6.45, 7) is 5.59. The molecule has 22 heavy (non-hydrogen) atoms. The topological polar surface area (TPSA) is 105 Å². The van der Waals surface area contributed by atoms with E-state index in [1.807, 2.05) is 0 Å². The van der Waals surface area contributed by atoms with Crippen LogP contribution in [-0.4, -0.2) is 65.9 Å². The maximum absolute atomic E-state index is 12.0. The van der Waals surface area contributed by atoms with Gasteiger partial charge in [0.15, 0.2) is 0 Å². The molecule has 0 radical (unpaired) electrons. The summed E-state index contributed by atoms with van der Waals surface area (Å²) in [6, 6.07) is -1.38. The summed E-state index contributed by atoms with van der Waals surface area (Å²) in [4.78, 5) is 36.3. The third-order valence-electron chi connectivity index (χ3n) is 3.15. The van der Waals surface area contributed by atoms with Crippen LogP contribution in [0, 0.1) is 0 Å². The number of alkyl carbamates (subject to hydrolysis) is 1. The first-order valence-corrected chi connectivity index (χ1v) is 7.14. The largest absolute Gasteiger partial charge is 0.480 e. The number of carboxylic acid groups (broad SMARTS) is 1. The zero-order chi connectivity index (χ0) is 16.9. The fraction of sp³-hybridized carbons (Fsp3) is 0.786. The number of carboxylic acids is 1. The highest BCUT2D eigenvalue weighted by molar-refractivity contribution is 5.84. The molecule has 0 saturated carbocycles. The Labute approximate surface area is 129 Å². The number of aliphatic carboxylic acids is 1. The van der Waals surface area contributed by atoms with Crippen molar-refractivity contribution in [2.24, 2.45) is 0 Å². The molecule has 126 valence electrons. The van der Waals surface area contributed by atoms with E-state index >= 15 is 0 Å². The number of nitrogens with zero attached hydrogens (tertiary/aromatic N) is 1. The van der Waals surface area contributed by atoms with Crippen molar-refractivity contribution in [2.45, 2.75) is 51.3 Å². The summed E-state index contributed by atoms with van der Waals surface area (Å²) in [5.41, 5.74) is -0.636. The van der Waals surface area contributed by atoms with E-state index in [4.69, 9.17) is 9.47 Å². The molecule has 0 spiro atoms. The Balaban J connectivity index is 2.64. The van der Waals surface area contributed by atoms with Gasteiger partial charge in [-0.1, -0.05) is 0 Å². The minimum atomic E-state index is -1.08. The molecule has 1 saturated heterocycles. The van der Waals surface area contributed by atoms with Crippen LogP contribution in [0.5, 0.6) is 0 Å². The minimum absolute atomic E-state index is 0.111. The van der Waals surface area contributed by atoms with Crippen LogP contribution in [0.4, 0.5) is 4.79 Å². The van der Waals surface area contributed by atoms with E-state index in [0.29, 0.717) is 0 Å². The Morgan fingerprint density at radius 3 is 2.45 bits per heavy atom. The number of hydrogen-bond acceptors (Lipinski definition) is 5. The van der Waals surface area contributed by atoms with Crippen molar-refractivity contribution in [3.63, 3.8) is 0 Å². The Bertz CT molecular complexity index is 432. The van der Waals surface area contributed by atoms with Crippen LogP contribution in [0.2, 0.25) is 0 Å². The first-order valence-electron chi connectivity index (χ1n) is 7.14. The van der Waals surface area contributed by atoms with Gasteiger partial charge in [-0.3, -0.25) is 4.79 Å². The molecule has 1 heterocycles. The zero-order valence-electron chi connectivity index (χ0n) is 13.4. The van der Waals surface area contributed by atoms with E-state index in [1.54, 1.807) is 20.8 Å². The van der Waals surface area contributed by atoms with Gasteiger partial charge in [-0.2, -0.15) is 0 Å². The number of carbonyl (C=O) groups is 3. The smallest absolute Gasteiger partial charge is 0.407 e. The lowest BCUT2D eigenvalue weighted by Crippen LogP contribution is -2.42. The lowest BCUT2D eigenvalue weighted by Gasteiger charge is -2.22. The molecule has 2 atom stereocenters. The van der Waals surface area contributed by atoms with Gasteiger partial charge in [0, 0.05) is 20.1 Å². The zero-order valence-corrected chi connectivity index (χ0v) is 13.4. The maximum Gasteiger partial charge on any atom is 0.407 e. The van der Waals surface area contributed by atoms with Gasteiger partial charge in [0.2, 0.25) is 5.91 Å². The van der Waals surface area contributed by atoms with Crippen LogP contribution in [-0.2, 0) is 19.1 Å². The SMILES string of the molecule is COCCC(=O)N1C[C@@H](NC(=O)OC(C)(C)C)C[C@@H]1C(=O)O. The third-order valence-corrected chi connectivity index (χ3v) is 3.15. The van der Waals surface area contributed by atoms with Crippen molar-refractivity contribution in [2.75, 3.05) is 20.3 Å². The van der Waals surface area contributed by atoms with E-state index in [1.165, 1.54) is 12.0 Å². The molecule has 1 aliphatic rings. The number of nitrogens with one attached hydrogen (secondary N) is 1. The van der Waals surface area contributed by atoms with Crippen molar-refractivity contribution < 1.29 is 29.0 Å². The molecule has 1 rings (SSSR count). The lowest BCUT2D eigenvalue weighted by atomic mass is 10.1. The highest BCUT2D eigenvalue weighted by Gasteiger charge is 2.40. The van der Waals surface area contributed by atoms with Gasteiger partial charge in [0.25, 0.3) is 0 Å². The van der Waals surface area contributed by atoms with Crippen LogP contribution in [0.1, 0.15) is 33.6 Å². The van der Waals surface area contributed by atoms with Gasteiger partial charge in [0.1, 0.15) is 11.6 Å². The number of likely N-dealkylation sites (tertiary alicyclic amines) is 1. The second kappa shape index (κ2) is 7.44. The average Bonchev–Trinajstić information content (AvgIpc) is 2.77. The van der Waals surface area contributed by atoms with Crippen LogP contribution < -0.4 is 5.32 Å². The summed E-state index contributed by atoms with van der Waals surface area (Å²) in [5.74, 6) is -1.39. The van der Waals surface area contributed by atoms with Crippen LogP contribution in [0.3, 0.4) is 0 Å². The summed E-state index contributed by atoms with van der Waals surface area (Å²) >= 11 is 0. The number of rotatable bonds is 5. The van der Waals surface area contributed by atoms with Gasteiger partial charge in [-0.05, 0) is 20.8 Å². The Morgan fingerprint density at radius 1 is 1.32 bits per heavy atom. The summed E-state index contributed by atoms with van der Waals surface area (Å²) in [6.07, 6.45) is -0.347. The van der Waals surface area contributed by atoms with Gasteiger partial charge >= 0.3 is 12.1 Å². The summed E-state index contributed by atoms with van der Waals surface area (Å²) < 4.78 is 9.96. The molecule has 0 aromatic carbocycles. The summed E-state index contributed by atoms with van der Waals surface area (Å²) in [7, 11) is 1.47. The second-order valence-corrected chi connectivity index (χ2v) is 6.22. The second-order valence-electron chi connectivity index (χ2n) is 6.22. The summed E-state index contributed by atoms with van der Waals surface area (Å²) in [5, 5.41) is 11.8. The third kappa shape index (κ3) is 5.51. The van der Waals surface area contributed by atoms with Crippen molar-refractivity contribution in [1.29, 1.82) is 0 Å². The lowest BCUT2D eigenvalue weighted by molar-refractivity contribution is -0.148. The number of amides is 2. The molecule has 0 unspecified atom stereocenters. The first kappa shape index (κ1) is 18.2. The molecule has 1 aliphatic heterocycles. The molecule has 2 N–H and O–H groups in total. The molecule has 1 fully saturated rings. The number of methoxy groups -OCH3 is 1. The van der Waals surface area contributed by atoms with Gasteiger partial charge in [-0.15, -0.1) is 0 Å². The van der Waals surface area contributed by atoms with Crippen molar-refractivity contribution in [1.82, 2.24) is 10.2 Å². The van der Waals surface area contributed by atoms with Gasteiger partial charge in [0.05, 0.1) is 19.1 Å². The predicted molar refractivity (Wildman–Crippen MR) is 77.4 cm³/mol. The van der Waals surface area contributed by atoms with Crippen LogP contribution in [0.15, 0.2) is 0 Å². The first-order chi connectivity index (χ1) is 10.1. The van der Waals surface area contributed by atoms with Crippen molar-refractivity contribution >= 4 is 18.0 Å². The average molecular weight is 316 g/mol. The number of carbonyl (C=O) groups excluding carboxylic acids is 2. The van der Waals surface area contributed by atoms with Gasteiger partial charge in [-0.25, -0.2) is 9.59 Å². The molecular weight excluding hydrogens is 292 g/mol. The van der Waals surface area contributed by atoms with Crippen molar-refractivity contribution in [3.8, 4) is 0 Å². The molecule has 0 bridgehead atoms. The predicted octanol–water partition coefficient (Wildman–Crippen LogP) is 0.602. The Hall–Kier alpha value is -1.83. The van der Waals surface area contributed by atoms with Gasteiger partial charge < -0.3 is 24.8 Å². The van der Waals surface area contributed by atoms with Crippen LogP contribution >= 0.6 is 0 Å². The molecular formula is C14H24N2O6. The molecule has 0 aromatic rings. The van der Waals surface area contributed by atoms with E-state index in [-0.39, 0.29) is 31.9 Å².